The summed E-state index contributed by atoms with van der Waals surface area (Å²) in [5.74, 6) is 0.906. The van der Waals surface area contributed by atoms with Gasteiger partial charge >= 0.3 is 0 Å². The third kappa shape index (κ3) is 3.81. The summed E-state index contributed by atoms with van der Waals surface area (Å²) in [6, 6.07) is 8.55. The second-order valence-electron chi connectivity index (χ2n) is 4.95. The fourth-order valence-electron chi connectivity index (χ4n) is 2.27. The van der Waals surface area contributed by atoms with Crippen molar-refractivity contribution in [1.29, 1.82) is 0 Å². The first-order valence-electron chi connectivity index (χ1n) is 6.90. The van der Waals surface area contributed by atoms with Crippen LogP contribution in [0.15, 0.2) is 24.3 Å². The normalized spacial score (nSPS) is 12.4. The van der Waals surface area contributed by atoms with Crippen LogP contribution in [0.2, 0.25) is 0 Å². The highest BCUT2D eigenvalue weighted by atomic mass is 32.1. The van der Waals surface area contributed by atoms with Crippen molar-refractivity contribution < 1.29 is 4.74 Å². The van der Waals surface area contributed by atoms with Gasteiger partial charge in [-0.05, 0) is 51.4 Å². The maximum absolute atomic E-state index is 5.16. The lowest BCUT2D eigenvalue weighted by atomic mass is 10.1. The second kappa shape index (κ2) is 6.86. The number of benzene rings is 1. The first kappa shape index (κ1) is 15.0. The van der Waals surface area contributed by atoms with Crippen LogP contribution < -0.4 is 10.1 Å². The molecule has 0 fully saturated rings. The van der Waals surface area contributed by atoms with Crippen LogP contribution in [0.3, 0.4) is 0 Å². The van der Waals surface area contributed by atoms with Crippen LogP contribution in [0.5, 0.6) is 5.75 Å². The number of nitrogens with one attached hydrogen (secondary N) is 1. The van der Waals surface area contributed by atoms with Crippen LogP contribution in [-0.4, -0.2) is 18.6 Å². The van der Waals surface area contributed by atoms with E-state index in [-0.39, 0.29) is 0 Å². The fraction of sp³-hybridized carbons (Fsp3) is 0.438. The number of aryl methyl sites for hydroxylation is 2. The van der Waals surface area contributed by atoms with Gasteiger partial charge in [-0.15, -0.1) is 11.3 Å². The van der Waals surface area contributed by atoms with E-state index in [2.05, 4.69) is 43.2 Å². The van der Waals surface area contributed by atoms with Gasteiger partial charge in [-0.25, -0.2) is 4.98 Å². The van der Waals surface area contributed by atoms with Crippen LogP contribution in [0.25, 0.3) is 0 Å². The molecule has 0 bridgehead atoms. The number of aromatic nitrogens is 1. The molecule has 20 heavy (non-hydrogen) atoms. The summed E-state index contributed by atoms with van der Waals surface area (Å²) in [5, 5.41) is 4.68. The zero-order valence-corrected chi connectivity index (χ0v) is 13.4. The molecule has 1 aromatic carbocycles. The molecule has 1 unspecified atom stereocenters. The first-order valence-corrected chi connectivity index (χ1v) is 7.72. The highest BCUT2D eigenvalue weighted by Crippen LogP contribution is 2.22. The Morgan fingerprint density at radius 3 is 2.50 bits per heavy atom. The van der Waals surface area contributed by atoms with Gasteiger partial charge in [0.2, 0.25) is 0 Å². The maximum Gasteiger partial charge on any atom is 0.118 e. The van der Waals surface area contributed by atoms with Crippen molar-refractivity contribution >= 4 is 11.3 Å². The summed E-state index contributed by atoms with van der Waals surface area (Å²) in [6.45, 7) is 7.33. The molecule has 3 nitrogen and oxygen atoms in total. The van der Waals surface area contributed by atoms with Gasteiger partial charge in [0.05, 0.1) is 17.8 Å². The highest BCUT2D eigenvalue weighted by Gasteiger charge is 2.12. The predicted molar refractivity (Wildman–Crippen MR) is 84.7 cm³/mol. The molecule has 4 heteroatoms. The maximum atomic E-state index is 5.16. The minimum Gasteiger partial charge on any atom is -0.497 e. The predicted octanol–water partition coefficient (Wildman–Crippen LogP) is 3.66. The van der Waals surface area contributed by atoms with E-state index in [1.54, 1.807) is 18.4 Å². The Labute approximate surface area is 125 Å². The lowest BCUT2D eigenvalue weighted by Crippen LogP contribution is -2.22. The van der Waals surface area contributed by atoms with E-state index in [9.17, 15) is 0 Å². The minimum atomic E-state index is 0.304. The molecule has 0 aliphatic heterocycles. The first-order chi connectivity index (χ1) is 9.60. The van der Waals surface area contributed by atoms with Gasteiger partial charge in [-0.1, -0.05) is 12.1 Å². The van der Waals surface area contributed by atoms with Crippen molar-refractivity contribution in [2.24, 2.45) is 0 Å². The smallest absolute Gasteiger partial charge is 0.118 e. The van der Waals surface area contributed by atoms with Gasteiger partial charge in [0.25, 0.3) is 0 Å². The molecule has 2 aromatic rings. The number of hydrogen-bond donors (Lipinski definition) is 1. The van der Waals surface area contributed by atoms with Crippen LogP contribution in [-0.2, 0) is 6.42 Å². The summed E-state index contributed by atoms with van der Waals surface area (Å²) in [4.78, 5) is 5.91. The zero-order valence-electron chi connectivity index (χ0n) is 12.6. The van der Waals surface area contributed by atoms with E-state index in [0.29, 0.717) is 6.04 Å². The van der Waals surface area contributed by atoms with Gasteiger partial charge in [0.15, 0.2) is 0 Å². The zero-order chi connectivity index (χ0) is 14.5. The van der Waals surface area contributed by atoms with Gasteiger partial charge in [-0.3, -0.25) is 0 Å². The molecule has 1 heterocycles. The Hall–Kier alpha value is -1.39. The van der Waals surface area contributed by atoms with Crippen molar-refractivity contribution in [3.8, 4) is 5.75 Å². The van der Waals surface area contributed by atoms with Gasteiger partial charge in [0, 0.05) is 10.9 Å². The van der Waals surface area contributed by atoms with Crippen molar-refractivity contribution in [2.45, 2.75) is 33.2 Å². The molecule has 108 valence electrons. The molecule has 0 amide bonds. The number of rotatable bonds is 6. The number of thiazole rings is 1. The Kier molecular flexibility index (Phi) is 5.15. The van der Waals surface area contributed by atoms with E-state index < -0.39 is 0 Å². The molecule has 0 aliphatic rings. The second-order valence-corrected chi connectivity index (χ2v) is 6.36. The molecular weight excluding hydrogens is 268 g/mol. The van der Waals surface area contributed by atoms with E-state index in [4.69, 9.17) is 4.74 Å². The Morgan fingerprint density at radius 2 is 1.95 bits per heavy atom. The lowest BCUT2D eigenvalue weighted by Gasteiger charge is -2.12. The van der Waals surface area contributed by atoms with Crippen molar-refractivity contribution in [3.05, 3.63) is 45.4 Å². The van der Waals surface area contributed by atoms with E-state index in [1.165, 1.54) is 16.1 Å². The van der Waals surface area contributed by atoms with Crippen molar-refractivity contribution in [3.63, 3.8) is 0 Å². The van der Waals surface area contributed by atoms with Crippen molar-refractivity contribution in [2.75, 3.05) is 13.7 Å². The molecule has 0 spiro atoms. The molecule has 1 N–H and O–H groups in total. The highest BCUT2D eigenvalue weighted by molar-refractivity contribution is 7.11. The quantitative estimate of drug-likeness (QED) is 0.881. The van der Waals surface area contributed by atoms with Crippen LogP contribution in [0.4, 0.5) is 0 Å². The van der Waals surface area contributed by atoms with Crippen LogP contribution >= 0.6 is 11.3 Å². The topological polar surface area (TPSA) is 34.1 Å². The van der Waals surface area contributed by atoms with Gasteiger partial charge in [-0.2, -0.15) is 0 Å². The molecule has 0 saturated heterocycles. The minimum absolute atomic E-state index is 0.304. The van der Waals surface area contributed by atoms with Crippen LogP contribution in [0, 0.1) is 13.8 Å². The monoisotopic (exact) mass is 290 g/mol. The van der Waals surface area contributed by atoms with Crippen molar-refractivity contribution in [1.82, 2.24) is 10.3 Å². The Morgan fingerprint density at radius 1 is 1.25 bits per heavy atom. The molecule has 0 saturated carbocycles. The third-order valence-corrected chi connectivity index (χ3v) is 4.27. The van der Waals surface area contributed by atoms with E-state index in [1.807, 2.05) is 12.1 Å². The molecule has 1 aromatic heterocycles. The summed E-state index contributed by atoms with van der Waals surface area (Å²) < 4.78 is 5.16. The molecule has 2 rings (SSSR count). The number of methoxy groups -OCH3 is 1. The summed E-state index contributed by atoms with van der Waals surface area (Å²) in [7, 11) is 1.69. The standard InChI is InChI=1S/C16H22N2OS/c1-11(16-12(2)20-13(3)18-16)17-10-9-14-5-7-15(19-4)8-6-14/h5-8,11,17H,9-10H2,1-4H3. The third-order valence-electron chi connectivity index (χ3n) is 3.37. The summed E-state index contributed by atoms with van der Waals surface area (Å²) in [5.41, 5.74) is 2.50. The van der Waals surface area contributed by atoms with Gasteiger partial charge in [0.1, 0.15) is 5.75 Å². The SMILES string of the molecule is COc1ccc(CCNC(C)c2nc(C)sc2C)cc1. The number of nitrogens with zero attached hydrogens (tertiary/aromatic N) is 1. The number of ether oxygens (including phenoxy) is 1. The molecule has 0 radical (unpaired) electrons. The van der Waals surface area contributed by atoms with E-state index >= 15 is 0 Å². The lowest BCUT2D eigenvalue weighted by molar-refractivity contribution is 0.414. The Balaban J connectivity index is 1.84. The van der Waals surface area contributed by atoms with Gasteiger partial charge < -0.3 is 10.1 Å². The molecule has 0 aliphatic carbocycles. The molecule has 1 atom stereocenters. The summed E-state index contributed by atoms with van der Waals surface area (Å²) in [6.07, 6.45) is 1.01. The largest absolute Gasteiger partial charge is 0.497 e. The van der Waals surface area contributed by atoms with E-state index in [0.717, 1.165) is 23.7 Å². The number of hydrogen-bond acceptors (Lipinski definition) is 4. The Bertz CT molecular complexity index is 548. The fourth-order valence-corrected chi connectivity index (χ4v) is 3.18. The summed E-state index contributed by atoms with van der Waals surface area (Å²) >= 11 is 1.77. The average Bonchev–Trinajstić information content (AvgIpc) is 2.78. The van der Waals surface area contributed by atoms with Crippen LogP contribution in [0.1, 0.15) is 34.1 Å². The average molecular weight is 290 g/mol. The molecular formula is C16H22N2OS.